The van der Waals surface area contributed by atoms with E-state index in [9.17, 15) is 14.4 Å². The number of hydrogen-bond donors (Lipinski definition) is 2. The normalized spacial score (nSPS) is 21.1. The molecule has 0 bridgehead atoms. The monoisotopic (exact) mass is 453 g/mol. The summed E-state index contributed by atoms with van der Waals surface area (Å²) in [6.07, 6.45) is 1.67. The summed E-state index contributed by atoms with van der Waals surface area (Å²) in [5, 5.41) is 6.06. The van der Waals surface area contributed by atoms with Gasteiger partial charge in [-0.1, -0.05) is 23.7 Å². The zero-order chi connectivity index (χ0) is 21.5. The summed E-state index contributed by atoms with van der Waals surface area (Å²) in [5.74, 6) is -1.15. The Balaban J connectivity index is 1.53. The molecule has 1 aromatic carbocycles. The molecule has 2 N–H and O–H groups in total. The predicted octanol–water partition coefficient (Wildman–Crippen LogP) is 1.20. The number of rotatable bonds is 6. The van der Waals surface area contributed by atoms with Crippen LogP contribution in [0.1, 0.15) is 24.8 Å². The number of amides is 2. The molecule has 2 unspecified atom stereocenters. The highest BCUT2D eigenvalue weighted by Crippen LogP contribution is 2.15. The molecule has 2 aliphatic rings. The van der Waals surface area contributed by atoms with Crippen LogP contribution in [0.4, 0.5) is 0 Å². The van der Waals surface area contributed by atoms with Gasteiger partial charge in [0.2, 0.25) is 11.8 Å². The maximum absolute atomic E-state index is 12.3. The standard InChI is InChI=1S/C20H24ClN3O5S/c21-14-5-3-13(4-6-14)10-17(25)23-20(30)24-8-7-22-19(27)16(24)11-18(26)29-12-15-2-1-9-28-15/h3-6,15-16H,1-2,7-12H2,(H,22,27)(H,23,25,30). The van der Waals surface area contributed by atoms with Crippen LogP contribution < -0.4 is 10.6 Å². The van der Waals surface area contributed by atoms with Crippen molar-refractivity contribution < 1.29 is 23.9 Å². The molecule has 30 heavy (non-hydrogen) atoms. The van der Waals surface area contributed by atoms with Crippen LogP contribution in [0.3, 0.4) is 0 Å². The van der Waals surface area contributed by atoms with E-state index in [1.807, 2.05) is 0 Å². The Morgan fingerprint density at radius 1 is 1.33 bits per heavy atom. The second-order valence-corrected chi connectivity index (χ2v) is 8.00. The first kappa shape index (κ1) is 22.5. The minimum absolute atomic E-state index is 0.0848. The molecule has 0 saturated carbocycles. The van der Waals surface area contributed by atoms with Crippen LogP contribution >= 0.6 is 23.8 Å². The number of carbonyl (C=O) groups is 3. The fourth-order valence-electron chi connectivity index (χ4n) is 3.36. The van der Waals surface area contributed by atoms with Crippen LogP contribution in [0.2, 0.25) is 5.02 Å². The van der Waals surface area contributed by atoms with Crippen molar-refractivity contribution in [1.82, 2.24) is 15.5 Å². The summed E-state index contributed by atoms with van der Waals surface area (Å²) < 4.78 is 10.7. The average Bonchev–Trinajstić information content (AvgIpc) is 3.23. The summed E-state index contributed by atoms with van der Waals surface area (Å²) in [4.78, 5) is 38.5. The molecule has 2 fully saturated rings. The van der Waals surface area contributed by atoms with E-state index in [0.717, 1.165) is 18.4 Å². The van der Waals surface area contributed by atoms with Crippen molar-refractivity contribution in [3.8, 4) is 0 Å². The van der Waals surface area contributed by atoms with Gasteiger partial charge in [-0.05, 0) is 42.8 Å². The summed E-state index contributed by atoms with van der Waals surface area (Å²) in [6.45, 7) is 1.60. The van der Waals surface area contributed by atoms with Gasteiger partial charge in [0.1, 0.15) is 12.6 Å². The molecular weight excluding hydrogens is 430 g/mol. The molecular formula is C20H24ClN3O5S. The zero-order valence-electron chi connectivity index (χ0n) is 16.4. The number of carbonyl (C=O) groups excluding carboxylic acids is 3. The van der Waals surface area contributed by atoms with Crippen LogP contribution in [0.25, 0.3) is 0 Å². The Bertz CT molecular complexity index is 798. The van der Waals surface area contributed by atoms with Gasteiger partial charge in [-0.25, -0.2) is 0 Å². The van der Waals surface area contributed by atoms with E-state index in [0.29, 0.717) is 24.7 Å². The lowest BCUT2D eigenvalue weighted by Crippen LogP contribution is -2.60. The van der Waals surface area contributed by atoms with Crippen molar-refractivity contribution in [3.63, 3.8) is 0 Å². The van der Waals surface area contributed by atoms with Crippen molar-refractivity contribution >= 4 is 46.7 Å². The molecule has 8 nitrogen and oxygen atoms in total. The fourth-order valence-corrected chi connectivity index (χ4v) is 3.82. The summed E-state index contributed by atoms with van der Waals surface area (Å²) >= 11 is 11.2. The van der Waals surface area contributed by atoms with Gasteiger partial charge >= 0.3 is 5.97 Å². The molecule has 0 spiro atoms. The van der Waals surface area contributed by atoms with Gasteiger partial charge in [0.05, 0.1) is 18.9 Å². The number of nitrogens with one attached hydrogen (secondary N) is 2. The number of ether oxygens (including phenoxy) is 2. The number of benzene rings is 1. The van der Waals surface area contributed by atoms with E-state index in [1.165, 1.54) is 0 Å². The third-order valence-electron chi connectivity index (χ3n) is 4.93. The molecule has 2 saturated heterocycles. The Labute approximate surface area is 185 Å². The van der Waals surface area contributed by atoms with Gasteiger partial charge in [-0.2, -0.15) is 0 Å². The molecule has 2 amide bonds. The van der Waals surface area contributed by atoms with Gasteiger partial charge in [-0.15, -0.1) is 0 Å². The molecule has 162 valence electrons. The quantitative estimate of drug-likeness (QED) is 0.493. The molecule has 0 radical (unpaired) electrons. The lowest BCUT2D eigenvalue weighted by Gasteiger charge is -2.36. The highest BCUT2D eigenvalue weighted by Gasteiger charge is 2.34. The van der Waals surface area contributed by atoms with Gasteiger partial charge in [0.25, 0.3) is 0 Å². The van der Waals surface area contributed by atoms with Crippen molar-refractivity contribution in [1.29, 1.82) is 0 Å². The highest BCUT2D eigenvalue weighted by atomic mass is 35.5. The van der Waals surface area contributed by atoms with Crippen molar-refractivity contribution in [3.05, 3.63) is 34.9 Å². The van der Waals surface area contributed by atoms with Crippen LogP contribution in [0, 0.1) is 0 Å². The number of nitrogens with zero attached hydrogens (tertiary/aromatic N) is 1. The number of esters is 1. The predicted molar refractivity (Wildman–Crippen MR) is 114 cm³/mol. The molecule has 0 aromatic heterocycles. The Hall–Kier alpha value is -2.23. The first-order valence-electron chi connectivity index (χ1n) is 9.82. The topological polar surface area (TPSA) is 97.0 Å². The highest BCUT2D eigenvalue weighted by molar-refractivity contribution is 7.80. The molecule has 2 aliphatic heterocycles. The van der Waals surface area contributed by atoms with E-state index in [4.69, 9.17) is 33.3 Å². The molecule has 10 heteroatoms. The smallest absolute Gasteiger partial charge is 0.308 e. The minimum Gasteiger partial charge on any atom is -0.463 e. The number of thiocarbonyl (C=S) groups is 1. The lowest BCUT2D eigenvalue weighted by atomic mass is 10.1. The zero-order valence-corrected chi connectivity index (χ0v) is 18.0. The molecule has 1 aromatic rings. The number of halogens is 1. The molecule has 2 heterocycles. The van der Waals surface area contributed by atoms with Gasteiger partial charge < -0.3 is 25.0 Å². The SMILES string of the molecule is O=C(Cc1ccc(Cl)cc1)NC(=S)N1CCNC(=O)C1CC(=O)OCC1CCCO1. The lowest BCUT2D eigenvalue weighted by molar-refractivity contribution is -0.150. The van der Waals surface area contributed by atoms with E-state index < -0.39 is 12.0 Å². The van der Waals surface area contributed by atoms with E-state index in [2.05, 4.69) is 10.6 Å². The van der Waals surface area contributed by atoms with E-state index >= 15 is 0 Å². The van der Waals surface area contributed by atoms with Crippen LogP contribution in [-0.2, 0) is 30.3 Å². The van der Waals surface area contributed by atoms with Crippen LogP contribution in [0.15, 0.2) is 24.3 Å². The molecule has 2 atom stereocenters. The van der Waals surface area contributed by atoms with Gasteiger partial charge in [0.15, 0.2) is 5.11 Å². The summed E-state index contributed by atoms with van der Waals surface area (Å²) in [6, 6.07) is 6.09. The van der Waals surface area contributed by atoms with E-state index in [1.54, 1.807) is 29.2 Å². The first-order chi connectivity index (χ1) is 14.4. The van der Waals surface area contributed by atoms with Crippen molar-refractivity contribution in [2.45, 2.75) is 37.8 Å². The maximum atomic E-state index is 12.3. The number of hydrogen-bond acceptors (Lipinski definition) is 6. The van der Waals surface area contributed by atoms with Gasteiger partial charge in [-0.3, -0.25) is 14.4 Å². The third kappa shape index (κ3) is 6.38. The maximum Gasteiger partial charge on any atom is 0.308 e. The Morgan fingerprint density at radius 3 is 2.80 bits per heavy atom. The average molecular weight is 454 g/mol. The second-order valence-electron chi connectivity index (χ2n) is 7.18. The van der Waals surface area contributed by atoms with Crippen molar-refractivity contribution in [2.24, 2.45) is 0 Å². The van der Waals surface area contributed by atoms with Crippen LogP contribution in [-0.4, -0.2) is 66.2 Å². The third-order valence-corrected chi connectivity index (χ3v) is 5.52. The minimum atomic E-state index is -0.834. The first-order valence-corrected chi connectivity index (χ1v) is 10.6. The largest absolute Gasteiger partial charge is 0.463 e. The molecule has 0 aliphatic carbocycles. The summed E-state index contributed by atoms with van der Waals surface area (Å²) in [7, 11) is 0. The van der Waals surface area contributed by atoms with Crippen molar-refractivity contribution in [2.75, 3.05) is 26.3 Å². The van der Waals surface area contributed by atoms with Gasteiger partial charge in [0, 0.05) is 24.7 Å². The van der Waals surface area contributed by atoms with Crippen LogP contribution in [0.5, 0.6) is 0 Å². The fraction of sp³-hybridized carbons (Fsp3) is 0.500. The summed E-state index contributed by atoms with van der Waals surface area (Å²) in [5.41, 5.74) is 0.783. The Morgan fingerprint density at radius 2 is 2.10 bits per heavy atom. The second kappa shape index (κ2) is 10.7. The molecule has 3 rings (SSSR count). The Kier molecular flexibility index (Phi) is 8.01. The number of piperazine rings is 1. The van der Waals surface area contributed by atoms with E-state index in [-0.39, 0.29) is 42.5 Å².